The number of nitrogens with zero attached hydrogens (tertiary/aromatic N) is 3. The van der Waals surface area contributed by atoms with Gasteiger partial charge in [-0.2, -0.15) is 0 Å². The molecule has 238 valence electrons. The fourth-order valence-electron chi connectivity index (χ4n) is 7.35. The lowest BCUT2D eigenvalue weighted by Gasteiger charge is -2.13. The van der Waals surface area contributed by atoms with E-state index in [1.807, 2.05) is 48.5 Å². The number of furan rings is 1. The number of fused-ring (bicyclic) bond motifs is 6. The largest absolute Gasteiger partial charge is 0.456 e. The third-order valence-electron chi connectivity index (χ3n) is 9.74. The molecule has 0 bridgehead atoms. The Balaban J connectivity index is 1.23. The van der Waals surface area contributed by atoms with Crippen LogP contribution in [0, 0.1) is 0 Å². The van der Waals surface area contributed by atoms with Crippen molar-refractivity contribution in [3.8, 4) is 56.4 Å². The molecule has 0 aliphatic heterocycles. The Hall–Kier alpha value is -6.91. The summed E-state index contributed by atoms with van der Waals surface area (Å²) < 4.78 is 6.57. The van der Waals surface area contributed by atoms with Gasteiger partial charge >= 0.3 is 0 Å². The zero-order valence-electron chi connectivity index (χ0n) is 27.5. The van der Waals surface area contributed by atoms with Gasteiger partial charge in [0.1, 0.15) is 11.2 Å². The average Bonchev–Trinajstić information content (AvgIpc) is 3.60. The molecule has 0 saturated carbocycles. The summed E-state index contributed by atoms with van der Waals surface area (Å²) in [5, 5.41) is 6.75. The quantitative estimate of drug-likeness (QED) is 0.174. The van der Waals surface area contributed by atoms with Gasteiger partial charge in [-0.05, 0) is 62.0 Å². The van der Waals surface area contributed by atoms with E-state index in [4.69, 9.17) is 19.4 Å². The first-order valence-corrected chi connectivity index (χ1v) is 17.1. The molecule has 0 fully saturated rings. The number of rotatable bonds is 5. The minimum atomic E-state index is 0.594. The van der Waals surface area contributed by atoms with Crippen LogP contribution in [0.15, 0.2) is 180 Å². The van der Waals surface area contributed by atoms with Crippen LogP contribution in [0.3, 0.4) is 0 Å². The van der Waals surface area contributed by atoms with Crippen LogP contribution in [-0.2, 0) is 0 Å². The van der Waals surface area contributed by atoms with Gasteiger partial charge in [-0.25, -0.2) is 15.0 Å². The highest BCUT2D eigenvalue weighted by Crippen LogP contribution is 2.43. The fraction of sp³-hybridized carbons (Fsp3) is 0. The highest BCUT2D eigenvalue weighted by molar-refractivity contribution is 6.18. The SMILES string of the molecule is c1ccc(-c2nc(-c3ccc4ccc5ccccc5c4c3)nc(-c3cccc4oc5cccc(-c6ccccc6-c6ccccc6)c5c34)n2)cc1. The lowest BCUT2D eigenvalue weighted by atomic mass is 9.91. The first kappa shape index (κ1) is 29.0. The molecule has 0 radical (unpaired) electrons. The van der Waals surface area contributed by atoms with Crippen LogP contribution >= 0.6 is 0 Å². The molecule has 4 heteroatoms. The standard InChI is InChI=1S/C47H29N3O/c1-3-13-30(14-4-1)35-18-9-10-20-37(35)38-21-11-23-41-43(38)44-39(22-12-24-42(44)51-41)47-49-45(33-16-5-2-6-17-33)48-46(50-47)34-28-27-32-26-25-31-15-7-8-19-36(31)40(32)29-34/h1-29H. The van der Waals surface area contributed by atoms with E-state index in [1.54, 1.807) is 0 Å². The van der Waals surface area contributed by atoms with Crippen LogP contribution in [-0.4, -0.2) is 15.0 Å². The Kier molecular flexibility index (Phi) is 6.78. The monoisotopic (exact) mass is 651 g/mol. The van der Waals surface area contributed by atoms with Crippen molar-refractivity contribution in [2.45, 2.75) is 0 Å². The van der Waals surface area contributed by atoms with E-state index >= 15 is 0 Å². The van der Waals surface area contributed by atoms with Crippen molar-refractivity contribution in [3.63, 3.8) is 0 Å². The normalized spacial score (nSPS) is 11.5. The zero-order chi connectivity index (χ0) is 33.7. The Morgan fingerprint density at radius 3 is 1.61 bits per heavy atom. The summed E-state index contributed by atoms with van der Waals surface area (Å²) in [5.41, 5.74) is 8.91. The van der Waals surface area contributed by atoms with E-state index in [0.717, 1.165) is 60.9 Å². The predicted octanol–water partition coefficient (Wildman–Crippen LogP) is 12.4. The minimum absolute atomic E-state index is 0.594. The summed E-state index contributed by atoms with van der Waals surface area (Å²) in [6.45, 7) is 0. The molecule has 8 aromatic carbocycles. The minimum Gasteiger partial charge on any atom is -0.456 e. The molecule has 0 saturated heterocycles. The van der Waals surface area contributed by atoms with Crippen LogP contribution in [0.25, 0.3) is 99.9 Å². The topological polar surface area (TPSA) is 51.8 Å². The molecule has 0 spiro atoms. The van der Waals surface area contributed by atoms with Gasteiger partial charge in [0, 0.05) is 27.5 Å². The van der Waals surface area contributed by atoms with E-state index in [1.165, 1.54) is 21.5 Å². The molecule has 0 aliphatic rings. The van der Waals surface area contributed by atoms with Gasteiger partial charge < -0.3 is 4.42 Å². The number of hydrogen-bond acceptors (Lipinski definition) is 4. The molecule has 0 unspecified atom stereocenters. The molecule has 4 nitrogen and oxygen atoms in total. The van der Waals surface area contributed by atoms with Crippen LogP contribution < -0.4 is 0 Å². The third-order valence-corrected chi connectivity index (χ3v) is 9.74. The van der Waals surface area contributed by atoms with Crippen LogP contribution in [0.1, 0.15) is 0 Å². The van der Waals surface area contributed by atoms with E-state index in [2.05, 4.69) is 127 Å². The molecular weight excluding hydrogens is 623 g/mol. The average molecular weight is 652 g/mol. The smallest absolute Gasteiger partial charge is 0.164 e. The van der Waals surface area contributed by atoms with Gasteiger partial charge in [0.2, 0.25) is 0 Å². The maximum absolute atomic E-state index is 6.57. The summed E-state index contributed by atoms with van der Waals surface area (Å²) in [7, 11) is 0. The van der Waals surface area contributed by atoms with Gasteiger partial charge in [-0.15, -0.1) is 0 Å². The van der Waals surface area contributed by atoms with Crippen molar-refractivity contribution in [3.05, 3.63) is 176 Å². The first-order chi connectivity index (χ1) is 25.3. The summed E-state index contributed by atoms with van der Waals surface area (Å²) in [6, 6.07) is 61.0. The fourth-order valence-corrected chi connectivity index (χ4v) is 7.35. The highest BCUT2D eigenvalue weighted by atomic mass is 16.3. The summed E-state index contributed by atoms with van der Waals surface area (Å²) >= 11 is 0. The summed E-state index contributed by atoms with van der Waals surface area (Å²) in [6.07, 6.45) is 0. The van der Waals surface area contributed by atoms with Crippen LogP contribution in [0.5, 0.6) is 0 Å². The van der Waals surface area contributed by atoms with Gasteiger partial charge in [-0.3, -0.25) is 0 Å². The van der Waals surface area contributed by atoms with Gasteiger partial charge in [0.05, 0.1) is 0 Å². The van der Waals surface area contributed by atoms with E-state index in [0.29, 0.717) is 17.5 Å². The van der Waals surface area contributed by atoms with Crippen LogP contribution in [0.4, 0.5) is 0 Å². The second-order valence-electron chi connectivity index (χ2n) is 12.8. The van der Waals surface area contributed by atoms with Crippen LogP contribution in [0.2, 0.25) is 0 Å². The van der Waals surface area contributed by atoms with E-state index in [-0.39, 0.29) is 0 Å². The molecule has 2 aromatic heterocycles. The van der Waals surface area contributed by atoms with Crippen molar-refractivity contribution in [2.24, 2.45) is 0 Å². The van der Waals surface area contributed by atoms with Gasteiger partial charge in [0.15, 0.2) is 17.5 Å². The molecule has 0 aliphatic carbocycles. The van der Waals surface area contributed by atoms with Crippen molar-refractivity contribution in [2.75, 3.05) is 0 Å². The zero-order valence-corrected chi connectivity index (χ0v) is 27.5. The third kappa shape index (κ3) is 4.96. The molecule has 0 atom stereocenters. The Morgan fingerprint density at radius 2 is 0.843 bits per heavy atom. The van der Waals surface area contributed by atoms with Gasteiger partial charge in [0.25, 0.3) is 0 Å². The molecule has 0 N–H and O–H groups in total. The molecule has 51 heavy (non-hydrogen) atoms. The van der Waals surface area contributed by atoms with E-state index in [9.17, 15) is 0 Å². The second-order valence-corrected chi connectivity index (χ2v) is 12.8. The van der Waals surface area contributed by atoms with Gasteiger partial charge in [-0.1, -0.05) is 158 Å². The van der Waals surface area contributed by atoms with Crippen molar-refractivity contribution >= 4 is 43.5 Å². The maximum atomic E-state index is 6.57. The second kappa shape index (κ2) is 11.9. The Morgan fingerprint density at radius 1 is 0.314 bits per heavy atom. The lowest BCUT2D eigenvalue weighted by Crippen LogP contribution is -2.00. The number of benzene rings is 8. The first-order valence-electron chi connectivity index (χ1n) is 17.1. The maximum Gasteiger partial charge on any atom is 0.164 e. The predicted molar refractivity (Wildman–Crippen MR) is 209 cm³/mol. The lowest BCUT2D eigenvalue weighted by molar-refractivity contribution is 0.669. The number of hydrogen-bond donors (Lipinski definition) is 0. The van der Waals surface area contributed by atoms with Crippen molar-refractivity contribution in [1.29, 1.82) is 0 Å². The molecule has 10 rings (SSSR count). The van der Waals surface area contributed by atoms with Crippen molar-refractivity contribution < 1.29 is 4.42 Å². The van der Waals surface area contributed by atoms with E-state index < -0.39 is 0 Å². The molecule has 10 aromatic rings. The highest BCUT2D eigenvalue weighted by Gasteiger charge is 2.21. The van der Waals surface area contributed by atoms with Crippen molar-refractivity contribution in [1.82, 2.24) is 15.0 Å². The molecule has 2 heterocycles. The summed E-state index contributed by atoms with van der Waals surface area (Å²) in [5.74, 6) is 1.83. The molecular formula is C47H29N3O. The Labute approximate surface area is 294 Å². The molecule has 0 amide bonds. The number of aromatic nitrogens is 3. The summed E-state index contributed by atoms with van der Waals surface area (Å²) in [4.78, 5) is 15.5. The Bertz CT molecular complexity index is 2910.